The highest BCUT2D eigenvalue weighted by atomic mass is 16.5. The summed E-state index contributed by atoms with van der Waals surface area (Å²) in [4.78, 5) is 35.6. The Bertz CT molecular complexity index is 366. The van der Waals surface area contributed by atoms with E-state index in [1.807, 2.05) is 13.8 Å². The van der Waals surface area contributed by atoms with E-state index < -0.39 is 35.7 Å². The van der Waals surface area contributed by atoms with E-state index in [1.54, 1.807) is 13.8 Å². The van der Waals surface area contributed by atoms with Gasteiger partial charge in [0.15, 0.2) is 0 Å². The molecule has 1 N–H and O–H groups in total. The second-order valence-electron chi connectivity index (χ2n) is 4.79. The molecule has 0 radical (unpaired) electrons. The third-order valence-electron chi connectivity index (χ3n) is 3.20. The largest absolute Gasteiger partial charge is 0.465 e. The van der Waals surface area contributed by atoms with Crippen LogP contribution >= 0.6 is 0 Å². The summed E-state index contributed by atoms with van der Waals surface area (Å²) in [5.74, 6) is -2.94. The first kappa shape index (κ1) is 15.5. The molecule has 1 aliphatic heterocycles. The lowest BCUT2D eigenvalue weighted by Gasteiger charge is -2.23. The third-order valence-corrected chi connectivity index (χ3v) is 3.20. The number of carbonyl (C=O) groups is 3. The van der Waals surface area contributed by atoms with Crippen LogP contribution in [0.2, 0.25) is 0 Å². The van der Waals surface area contributed by atoms with Gasteiger partial charge < -0.3 is 14.8 Å². The molecule has 1 rings (SSSR count). The molecule has 0 aromatic carbocycles. The lowest BCUT2D eigenvalue weighted by molar-refractivity contribution is -0.153. The summed E-state index contributed by atoms with van der Waals surface area (Å²) in [6.45, 7) is 7.55. The lowest BCUT2D eigenvalue weighted by Crippen LogP contribution is -2.40. The molecule has 19 heavy (non-hydrogen) atoms. The summed E-state index contributed by atoms with van der Waals surface area (Å²) in [7, 11) is 0. The average Bonchev–Trinajstić information content (AvgIpc) is 2.67. The molecule has 3 atom stereocenters. The first-order valence-electron chi connectivity index (χ1n) is 6.57. The van der Waals surface area contributed by atoms with Crippen molar-refractivity contribution in [1.29, 1.82) is 0 Å². The fraction of sp³-hybridized carbons (Fsp3) is 0.769. The van der Waals surface area contributed by atoms with Crippen molar-refractivity contribution in [3.8, 4) is 0 Å². The minimum absolute atomic E-state index is 0.0252. The molecule has 0 saturated carbocycles. The summed E-state index contributed by atoms with van der Waals surface area (Å²) in [6, 6.07) is -0.776. The van der Waals surface area contributed by atoms with Crippen molar-refractivity contribution in [1.82, 2.24) is 5.32 Å². The molecule has 1 aliphatic rings. The maximum absolute atomic E-state index is 11.9. The van der Waals surface area contributed by atoms with Gasteiger partial charge in [0.1, 0.15) is 12.0 Å². The number of ether oxygens (including phenoxy) is 2. The van der Waals surface area contributed by atoms with Crippen LogP contribution < -0.4 is 5.32 Å². The minimum Gasteiger partial charge on any atom is -0.465 e. The summed E-state index contributed by atoms with van der Waals surface area (Å²) < 4.78 is 9.85. The van der Waals surface area contributed by atoms with Crippen molar-refractivity contribution in [2.45, 2.75) is 33.7 Å². The van der Waals surface area contributed by atoms with Crippen LogP contribution in [0.5, 0.6) is 0 Å². The van der Waals surface area contributed by atoms with E-state index in [9.17, 15) is 14.4 Å². The van der Waals surface area contributed by atoms with Crippen LogP contribution in [0.25, 0.3) is 0 Å². The first-order chi connectivity index (χ1) is 8.93. The van der Waals surface area contributed by atoms with Crippen LogP contribution in [0.15, 0.2) is 0 Å². The Kier molecular flexibility index (Phi) is 5.32. The number of amides is 1. The van der Waals surface area contributed by atoms with Crippen molar-refractivity contribution in [2.75, 3.05) is 13.2 Å². The fourth-order valence-corrected chi connectivity index (χ4v) is 2.42. The Labute approximate surface area is 112 Å². The molecule has 0 spiro atoms. The van der Waals surface area contributed by atoms with Crippen LogP contribution in [0.1, 0.15) is 27.7 Å². The Morgan fingerprint density at radius 1 is 1.16 bits per heavy atom. The predicted molar refractivity (Wildman–Crippen MR) is 67.0 cm³/mol. The zero-order chi connectivity index (χ0) is 14.6. The molecule has 108 valence electrons. The summed E-state index contributed by atoms with van der Waals surface area (Å²) in [6.07, 6.45) is 0. The van der Waals surface area contributed by atoms with Crippen LogP contribution in [0, 0.1) is 17.8 Å². The predicted octanol–water partition coefficient (Wildman–Crippen LogP) is 0.499. The molecule has 1 amide bonds. The van der Waals surface area contributed by atoms with Gasteiger partial charge in [-0.15, -0.1) is 0 Å². The SMILES string of the molecule is CCOC(=O)C1NC(=O)C(C(=O)OCC)C1C(C)C. The van der Waals surface area contributed by atoms with Crippen molar-refractivity contribution < 1.29 is 23.9 Å². The highest BCUT2D eigenvalue weighted by molar-refractivity contribution is 6.03. The topological polar surface area (TPSA) is 81.7 Å². The quantitative estimate of drug-likeness (QED) is 0.581. The molecule has 0 aromatic rings. The van der Waals surface area contributed by atoms with Crippen molar-refractivity contribution in [3.63, 3.8) is 0 Å². The van der Waals surface area contributed by atoms with Gasteiger partial charge in [-0.05, 0) is 19.8 Å². The number of esters is 2. The lowest BCUT2D eigenvalue weighted by atomic mass is 9.81. The molecule has 0 aliphatic carbocycles. The van der Waals surface area contributed by atoms with Crippen LogP contribution in [0.4, 0.5) is 0 Å². The van der Waals surface area contributed by atoms with E-state index in [1.165, 1.54) is 0 Å². The Morgan fingerprint density at radius 2 is 1.68 bits per heavy atom. The second kappa shape index (κ2) is 6.54. The van der Waals surface area contributed by atoms with Crippen molar-refractivity contribution in [3.05, 3.63) is 0 Å². The molecule has 1 heterocycles. The van der Waals surface area contributed by atoms with E-state index in [4.69, 9.17) is 9.47 Å². The van der Waals surface area contributed by atoms with Crippen LogP contribution in [-0.4, -0.2) is 37.1 Å². The van der Waals surface area contributed by atoms with Gasteiger partial charge in [-0.3, -0.25) is 9.59 Å². The zero-order valence-corrected chi connectivity index (χ0v) is 11.8. The number of carbonyl (C=O) groups excluding carboxylic acids is 3. The summed E-state index contributed by atoms with van der Waals surface area (Å²) >= 11 is 0. The van der Waals surface area contributed by atoms with E-state index in [0.29, 0.717) is 0 Å². The van der Waals surface area contributed by atoms with Gasteiger partial charge in [-0.25, -0.2) is 4.79 Å². The molecule has 3 unspecified atom stereocenters. The van der Waals surface area contributed by atoms with E-state index in [2.05, 4.69) is 5.32 Å². The molecular weight excluding hydrogens is 250 g/mol. The number of rotatable bonds is 5. The van der Waals surface area contributed by atoms with Gasteiger partial charge in [-0.2, -0.15) is 0 Å². The summed E-state index contributed by atoms with van der Waals surface area (Å²) in [5.41, 5.74) is 0. The van der Waals surface area contributed by atoms with Gasteiger partial charge in [0.25, 0.3) is 0 Å². The van der Waals surface area contributed by atoms with Gasteiger partial charge in [0, 0.05) is 5.92 Å². The van der Waals surface area contributed by atoms with Gasteiger partial charge in [-0.1, -0.05) is 13.8 Å². The monoisotopic (exact) mass is 271 g/mol. The maximum atomic E-state index is 11.9. The van der Waals surface area contributed by atoms with Gasteiger partial charge >= 0.3 is 11.9 Å². The molecule has 0 bridgehead atoms. The Hall–Kier alpha value is -1.59. The second-order valence-corrected chi connectivity index (χ2v) is 4.79. The Morgan fingerprint density at radius 3 is 2.16 bits per heavy atom. The third kappa shape index (κ3) is 3.24. The molecule has 6 nitrogen and oxygen atoms in total. The van der Waals surface area contributed by atoms with Crippen LogP contribution in [0.3, 0.4) is 0 Å². The average molecular weight is 271 g/mol. The molecule has 6 heteroatoms. The summed E-state index contributed by atoms with van der Waals surface area (Å²) in [5, 5.41) is 2.54. The molecule has 1 fully saturated rings. The molecule has 0 aromatic heterocycles. The number of nitrogens with one attached hydrogen (secondary N) is 1. The normalized spacial score (nSPS) is 26.2. The first-order valence-corrected chi connectivity index (χ1v) is 6.57. The van der Waals surface area contributed by atoms with Gasteiger partial charge in [0.05, 0.1) is 13.2 Å². The maximum Gasteiger partial charge on any atom is 0.328 e. The van der Waals surface area contributed by atoms with Gasteiger partial charge in [0.2, 0.25) is 5.91 Å². The van der Waals surface area contributed by atoms with E-state index in [0.717, 1.165) is 0 Å². The Balaban J connectivity index is 2.96. The minimum atomic E-state index is -0.936. The zero-order valence-electron chi connectivity index (χ0n) is 11.8. The highest BCUT2D eigenvalue weighted by Crippen LogP contribution is 2.32. The number of hydrogen-bond donors (Lipinski definition) is 1. The fourth-order valence-electron chi connectivity index (χ4n) is 2.42. The van der Waals surface area contributed by atoms with Crippen molar-refractivity contribution in [2.24, 2.45) is 17.8 Å². The van der Waals surface area contributed by atoms with E-state index in [-0.39, 0.29) is 19.1 Å². The van der Waals surface area contributed by atoms with E-state index >= 15 is 0 Å². The van der Waals surface area contributed by atoms with Crippen molar-refractivity contribution >= 4 is 17.8 Å². The standard InChI is InChI=1S/C13H21NO5/c1-5-18-12(16)9-8(7(3)4)10(14-11(9)15)13(17)19-6-2/h7-10H,5-6H2,1-4H3,(H,14,15). The number of hydrogen-bond acceptors (Lipinski definition) is 5. The van der Waals surface area contributed by atoms with Crippen LogP contribution in [-0.2, 0) is 23.9 Å². The smallest absolute Gasteiger partial charge is 0.328 e. The highest BCUT2D eigenvalue weighted by Gasteiger charge is 2.51. The molecule has 1 saturated heterocycles. The molecular formula is C13H21NO5.